The van der Waals surface area contributed by atoms with E-state index in [0.29, 0.717) is 29.2 Å². The van der Waals surface area contributed by atoms with E-state index in [1.165, 1.54) is 14.2 Å². The zero-order chi connectivity index (χ0) is 16.8. The van der Waals surface area contributed by atoms with Crippen molar-refractivity contribution in [2.45, 2.75) is 13.3 Å². The first-order chi connectivity index (χ1) is 11.1. The highest BCUT2D eigenvalue weighted by molar-refractivity contribution is 5.98. The molecule has 0 aliphatic rings. The number of rotatable bonds is 6. The molecule has 0 fully saturated rings. The Kier molecular flexibility index (Phi) is 5.36. The number of Topliss-reactive ketones (excluding diaryl/α,β-unsaturated/α-hetero) is 1. The lowest BCUT2D eigenvalue weighted by Gasteiger charge is -2.12. The highest BCUT2D eigenvalue weighted by Crippen LogP contribution is 2.29. The SMILES string of the molecule is CCC(=O)c1ccc(OC(=O)c2c(OC)cccc2OC)cc1. The third-order valence-corrected chi connectivity index (χ3v) is 3.34. The molecule has 0 saturated carbocycles. The zero-order valence-electron chi connectivity index (χ0n) is 13.3. The van der Waals surface area contributed by atoms with Crippen molar-refractivity contribution >= 4 is 11.8 Å². The molecule has 0 radical (unpaired) electrons. The van der Waals surface area contributed by atoms with Crippen LogP contribution in [0.1, 0.15) is 34.1 Å². The van der Waals surface area contributed by atoms with Gasteiger partial charge in [0.25, 0.3) is 0 Å². The summed E-state index contributed by atoms with van der Waals surface area (Å²) in [5.41, 5.74) is 0.799. The fourth-order valence-corrected chi connectivity index (χ4v) is 2.12. The van der Waals surface area contributed by atoms with Crippen molar-refractivity contribution in [3.05, 3.63) is 53.6 Å². The molecule has 0 heterocycles. The maximum absolute atomic E-state index is 12.4. The first kappa shape index (κ1) is 16.5. The number of carbonyl (C=O) groups excluding carboxylic acids is 2. The number of esters is 1. The Labute approximate surface area is 134 Å². The molecule has 5 nitrogen and oxygen atoms in total. The van der Waals surface area contributed by atoms with E-state index in [-0.39, 0.29) is 11.3 Å². The van der Waals surface area contributed by atoms with Crippen molar-refractivity contribution < 1.29 is 23.8 Å². The molecule has 0 aliphatic heterocycles. The van der Waals surface area contributed by atoms with Crippen LogP contribution in [0.25, 0.3) is 0 Å². The smallest absolute Gasteiger partial charge is 0.351 e. The summed E-state index contributed by atoms with van der Waals surface area (Å²) in [7, 11) is 2.94. The third kappa shape index (κ3) is 3.69. The summed E-state index contributed by atoms with van der Waals surface area (Å²) in [6.07, 6.45) is 0.428. The normalized spacial score (nSPS) is 10.0. The van der Waals surface area contributed by atoms with Gasteiger partial charge in [-0.05, 0) is 36.4 Å². The van der Waals surface area contributed by atoms with Crippen molar-refractivity contribution in [1.29, 1.82) is 0 Å². The second-order valence-electron chi connectivity index (χ2n) is 4.73. The standard InChI is InChI=1S/C18H18O5/c1-4-14(19)12-8-10-13(11-9-12)23-18(20)17-15(21-2)6-5-7-16(17)22-3/h5-11H,4H2,1-3H3. The van der Waals surface area contributed by atoms with E-state index in [4.69, 9.17) is 14.2 Å². The molecular weight excluding hydrogens is 296 g/mol. The summed E-state index contributed by atoms with van der Waals surface area (Å²) < 4.78 is 15.7. The van der Waals surface area contributed by atoms with Crippen LogP contribution in [0, 0.1) is 0 Å². The summed E-state index contributed by atoms with van der Waals surface area (Å²) in [6.45, 7) is 1.80. The molecule has 2 aromatic rings. The molecule has 0 spiro atoms. The average Bonchev–Trinajstić information content (AvgIpc) is 2.60. The first-order valence-corrected chi connectivity index (χ1v) is 7.17. The number of benzene rings is 2. The van der Waals surface area contributed by atoms with Crippen molar-refractivity contribution in [3.63, 3.8) is 0 Å². The summed E-state index contributed by atoms with van der Waals surface area (Å²) in [6, 6.07) is 11.5. The number of carbonyl (C=O) groups is 2. The number of ether oxygens (including phenoxy) is 3. The number of hydrogen-bond acceptors (Lipinski definition) is 5. The minimum Gasteiger partial charge on any atom is -0.496 e. The number of methoxy groups -OCH3 is 2. The van der Waals surface area contributed by atoms with Crippen LogP contribution in [0.3, 0.4) is 0 Å². The van der Waals surface area contributed by atoms with Gasteiger partial charge >= 0.3 is 5.97 Å². The Bertz CT molecular complexity index is 682. The van der Waals surface area contributed by atoms with Crippen molar-refractivity contribution in [2.24, 2.45) is 0 Å². The molecule has 0 aliphatic carbocycles. The summed E-state index contributed by atoms with van der Waals surface area (Å²) >= 11 is 0. The maximum Gasteiger partial charge on any atom is 0.351 e. The van der Waals surface area contributed by atoms with Crippen molar-refractivity contribution in [3.8, 4) is 17.2 Å². The Morgan fingerprint density at radius 1 is 0.913 bits per heavy atom. The molecule has 0 N–H and O–H groups in total. The van der Waals surface area contributed by atoms with Gasteiger partial charge in [0, 0.05) is 12.0 Å². The van der Waals surface area contributed by atoms with Crippen molar-refractivity contribution in [2.75, 3.05) is 14.2 Å². The highest BCUT2D eigenvalue weighted by Gasteiger charge is 2.20. The minimum atomic E-state index is -0.589. The molecule has 0 amide bonds. The lowest BCUT2D eigenvalue weighted by atomic mass is 10.1. The van der Waals surface area contributed by atoms with Gasteiger partial charge in [-0.2, -0.15) is 0 Å². The van der Waals surface area contributed by atoms with Gasteiger partial charge < -0.3 is 14.2 Å². The van der Waals surface area contributed by atoms with E-state index in [9.17, 15) is 9.59 Å². The number of ketones is 1. The molecule has 0 unspecified atom stereocenters. The summed E-state index contributed by atoms with van der Waals surface area (Å²) in [5.74, 6) is 0.526. The van der Waals surface area contributed by atoms with Crippen LogP contribution >= 0.6 is 0 Å². The lowest BCUT2D eigenvalue weighted by molar-refractivity contribution is 0.0727. The van der Waals surface area contributed by atoms with Crippen LogP contribution in [0.5, 0.6) is 17.2 Å². The minimum absolute atomic E-state index is 0.0364. The Hall–Kier alpha value is -2.82. The second-order valence-corrected chi connectivity index (χ2v) is 4.73. The summed E-state index contributed by atoms with van der Waals surface area (Å²) in [5, 5.41) is 0. The molecule has 23 heavy (non-hydrogen) atoms. The Balaban J connectivity index is 2.24. The van der Waals surface area contributed by atoms with E-state index in [1.807, 2.05) is 0 Å². The van der Waals surface area contributed by atoms with E-state index in [2.05, 4.69) is 0 Å². The molecule has 0 bridgehead atoms. The van der Waals surface area contributed by atoms with Crippen LogP contribution < -0.4 is 14.2 Å². The Morgan fingerprint density at radius 3 is 1.96 bits per heavy atom. The van der Waals surface area contributed by atoms with Crippen LogP contribution in [0.4, 0.5) is 0 Å². The molecule has 2 rings (SSSR count). The molecule has 2 aromatic carbocycles. The van der Waals surface area contributed by atoms with E-state index in [1.54, 1.807) is 49.4 Å². The second kappa shape index (κ2) is 7.45. The predicted octanol–water partition coefficient (Wildman–Crippen LogP) is 3.52. The van der Waals surface area contributed by atoms with Gasteiger partial charge in [-0.15, -0.1) is 0 Å². The third-order valence-electron chi connectivity index (χ3n) is 3.34. The van der Waals surface area contributed by atoms with Gasteiger partial charge in [-0.1, -0.05) is 13.0 Å². The highest BCUT2D eigenvalue weighted by atomic mass is 16.5. The Morgan fingerprint density at radius 2 is 1.48 bits per heavy atom. The fourth-order valence-electron chi connectivity index (χ4n) is 2.12. The van der Waals surface area contributed by atoms with Crippen LogP contribution in [0.15, 0.2) is 42.5 Å². The van der Waals surface area contributed by atoms with E-state index in [0.717, 1.165) is 0 Å². The fraction of sp³-hybridized carbons (Fsp3) is 0.222. The largest absolute Gasteiger partial charge is 0.496 e. The first-order valence-electron chi connectivity index (χ1n) is 7.17. The maximum atomic E-state index is 12.4. The van der Waals surface area contributed by atoms with Gasteiger partial charge in [-0.3, -0.25) is 4.79 Å². The quantitative estimate of drug-likeness (QED) is 0.464. The number of hydrogen-bond donors (Lipinski definition) is 0. The molecule has 5 heteroatoms. The summed E-state index contributed by atoms with van der Waals surface area (Å²) in [4.78, 5) is 24.0. The molecular formula is C18H18O5. The average molecular weight is 314 g/mol. The molecule has 120 valence electrons. The topological polar surface area (TPSA) is 61.8 Å². The van der Waals surface area contributed by atoms with Gasteiger partial charge in [0.05, 0.1) is 14.2 Å². The molecule has 0 saturated heterocycles. The van der Waals surface area contributed by atoms with Crippen LogP contribution in [-0.2, 0) is 0 Å². The van der Waals surface area contributed by atoms with Gasteiger partial charge in [0.15, 0.2) is 5.78 Å². The van der Waals surface area contributed by atoms with Gasteiger partial charge in [0.1, 0.15) is 22.8 Å². The van der Waals surface area contributed by atoms with Gasteiger partial charge in [0.2, 0.25) is 0 Å². The van der Waals surface area contributed by atoms with Crippen LogP contribution in [0.2, 0.25) is 0 Å². The molecule has 0 aromatic heterocycles. The van der Waals surface area contributed by atoms with Crippen LogP contribution in [-0.4, -0.2) is 26.0 Å². The lowest BCUT2D eigenvalue weighted by Crippen LogP contribution is -2.12. The molecule has 0 atom stereocenters. The van der Waals surface area contributed by atoms with E-state index < -0.39 is 5.97 Å². The van der Waals surface area contributed by atoms with Gasteiger partial charge in [-0.25, -0.2) is 4.79 Å². The monoisotopic (exact) mass is 314 g/mol. The van der Waals surface area contributed by atoms with E-state index >= 15 is 0 Å². The predicted molar refractivity (Wildman–Crippen MR) is 85.6 cm³/mol. The zero-order valence-corrected chi connectivity index (χ0v) is 13.3. The van der Waals surface area contributed by atoms with Crippen molar-refractivity contribution in [1.82, 2.24) is 0 Å².